The monoisotopic (exact) mass is 599 g/mol. The van der Waals surface area contributed by atoms with Crippen LogP contribution in [0.5, 0.6) is 0 Å². The number of pyridine rings is 1. The highest BCUT2D eigenvalue weighted by Crippen LogP contribution is 2.35. The first-order valence-electron chi connectivity index (χ1n) is 11.9. The number of nitrogens with zero attached hydrogens (tertiary/aromatic N) is 3. The fourth-order valence-corrected chi connectivity index (χ4v) is 4.75. The number of halogens is 4. The van der Waals surface area contributed by atoms with E-state index in [1.54, 1.807) is 39.8 Å². The maximum atomic E-state index is 15.0. The van der Waals surface area contributed by atoms with Crippen LogP contribution in [0.25, 0.3) is 0 Å². The Morgan fingerprint density at radius 1 is 1.00 bits per heavy atom. The molecule has 0 aliphatic carbocycles. The van der Waals surface area contributed by atoms with Crippen LogP contribution in [0, 0.1) is 17.5 Å². The number of carbonyl (C=O) groups is 1. The molecule has 0 saturated carbocycles. The topological polar surface area (TPSA) is 104 Å². The second-order valence-corrected chi connectivity index (χ2v) is 11.9. The predicted molar refractivity (Wildman–Crippen MR) is 148 cm³/mol. The lowest BCUT2D eigenvalue weighted by molar-refractivity contribution is 0.0303. The molecule has 1 aromatic heterocycles. The molecule has 1 amide bonds. The van der Waals surface area contributed by atoms with E-state index in [0.29, 0.717) is 11.4 Å². The number of likely N-dealkylation sites (N-methyl/N-ethyl adjacent to an activating group) is 2. The SMILES string of the molecule is CN(CCN(C)c1cc(F)ccc1Nc1cc(F)c(S(=O)(=O)Nc2ccc(F)cn2)cc1Cl)C(=O)OC(C)(C)C. The lowest BCUT2D eigenvalue weighted by Crippen LogP contribution is -2.38. The van der Waals surface area contributed by atoms with E-state index >= 15 is 4.39 Å². The van der Waals surface area contributed by atoms with Crippen molar-refractivity contribution in [2.75, 3.05) is 42.1 Å². The molecule has 0 bridgehead atoms. The summed E-state index contributed by atoms with van der Waals surface area (Å²) in [5.74, 6) is -2.55. The molecule has 0 saturated heterocycles. The van der Waals surface area contributed by atoms with Gasteiger partial charge in [-0.15, -0.1) is 0 Å². The minimum Gasteiger partial charge on any atom is -0.444 e. The van der Waals surface area contributed by atoms with Gasteiger partial charge in [-0.25, -0.2) is 31.4 Å². The fraction of sp³-hybridized carbons (Fsp3) is 0.308. The summed E-state index contributed by atoms with van der Waals surface area (Å²) in [6, 6.07) is 7.73. The first-order chi connectivity index (χ1) is 18.6. The zero-order valence-electron chi connectivity index (χ0n) is 22.4. The minimum absolute atomic E-state index is 0.0187. The van der Waals surface area contributed by atoms with Crippen LogP contribution >= 0.6 is 11.6 Å². The second-order valence-electron chi connectivity index (χ2n) is 9.84. The molecule has 0 unspecified atom stereocenters. The highest BCUT2D eigenvalue weighted by molar-refractivity contribution is 7.92. The van der Waals surface area contributed by atoms with Crippen LogP contribution < -0.4 is 14.9 Å². The third kappa shape index (κ3) is 8.15. The fourth-order valence-electron chi connectivity index (χ4n) is 3.38. The van der Waals surface area contributed by atoms with Gasteiger partial charge in [-0.3, -0.25) is 4.72 Å². The highest BCUT2D eigenvalue weighted by Gasteiger charge is 2.23. The third-order valence-corrected chi connectivity index (χ3v) is 7.08. The van der Waals surface area contributed by atoms with E-state index in [2.05, 4.69) is 15.0 Å². The maximum absolute atomic E-state index is 15.0. The van der Waals surface area contributed by atoms with Gasteiger partial charge in [-0.2, -0.15) is 0 Å². The Morgan fingerprint density at radius 2 is 1.68 bits per heavy atom. The second kappa shape index (κ2) is 12.2. The van der Waals surface area contributed by atoms with Crippen molar-refractivity contribution in [2.24, 2.45) is 0 Å². The third-order valence-electron chi connectivity index (χ3n) is 5.39. The normalized spacial score (nSPS) is 11.6. The molecule has 216 valence electrons. The van der Waals surface area contributed by atoms with Crippen molar-refractivity contribution in [1.82, 2.24) is 9.88 Å². The van der Waals surface area contributed by atoms with Gasteiger partial charge in [0, 0.05) is 33.3 Å². The zero-order chi connectivity index (χ0) is 29.8. The van der Waals surface area contributed by atoms with Crippen LogP contribution in [-0.2, 0) is 14.8 Å². The number of nitrogens with one attached hydrogen (secondary N) is 2. The molecule has 0 aliphatic heterocycles. The Hall–Kier alpha value is -3.71. The van der Waals surface area contributed by atoms with Crippen LogP contribution in [0.15, 0.2) is 53.6 Å². The highest BCUT2D eigenvalue weighted by atomic mass is 35.5. The van der Waals surface area contributed by atoms with E-state index in [-0.39, 0.29) is 29.6 Å². The van der Waals surface area contributed by atoms with E-state index < -0.39 is 44.1 Å². The molecule has 2 aromatic carbocycles. The Labute approximate surface area is 236 Å². The zero-order valence-corrected chi connectivity index (χ0v) is 24.0. The molecule has 14 heteroatoms. The molecule has 0 aliphatic rings. The average Bonchev–Trinajstić information content (AvgIpc) is 2.85. The van der Waals surface area contributed by atoms with Gasteiger partial charge in [0.05, 0.1) is 28.3 Å². The summed E-state index contributed by atoms with van der Waals surface area (Å²) in [4.78, 5) is 18.2. The van der Waals surface area contributed by atoms with E-state index in [0.717, 1.165) is 30.5 Å². The number of benzene rings is 2. The molecule has 0 fully saturated rings. The van der Waals surface area contributed by atoms with E-state index in [9.17, 15) is 22.0 Å². The standard InChI is InChI=1S/C26H29ClF3N5O4S/c1-26(2,3)39-25(36)35(5)11-10-34(4)22-12-16(28)6-8-20(22)32-21-14-19(30)23(13-18(21)27)40(37,38)33-24-9-7-17(29)15-31-24/h6-9,12-15,32H,10-11H2,1-5H3,(H,31,33). The van der Waals surface area contributed by atoms with Crippen molar-refractivity contribution in [3.63, 3.8) is 0 Å². The molecule has 2 N–H and O–H groups in total. The Morgan fingerprint density at radius 3 is 2.30 bits per heavy atom. The smallest absolute Gasteiger partial charge is 0.410 e. The van der Waals surface area contributed by atoms with Crippen molar-refractivity contribution >= 4 is 50.6 Å². The van der Waals surface area contributed by atoms with Crippen molar-refractivity contribution in [2.45, 2.75) is 31.3 Å². The maximum Gasteiger partial charge on any atom is 0.410 e. The van der Waals surface area contributed by atoms with Gasteiger partial charge in [0.1, 0.15) is 33.8 Å². The Kier molecular flexibility index (Phi) is 9.41. The molecular weight excluding hydrogens is 571 g/mol. The number of hydrogen-bond acceptors (Lipinski definition) is 7. The molecule has 0 atom stereocenters. The lowest BCUT2D eigenvalue weighted by atomic mass is 10.2. The summed E-state index contributed by atoms with van der Waals surface area (Å²) < 4.78 is 75.1. The van der Waals surface area contributed by atoms with Crippen LogP contribution in [0.3, 0.4) is 0 Å². The van der Waals surface area contributed by atoms with E-state index in [4.69, 9.17) is 16.3 Å². The van der Waals surface area contributed by atoms with Crippen molar-refractivity contribution < 1.29 is 31.1 Å². The van der Waals surface area contributed by atoms with E-state index in [1.165, 1.54) is 23.1 Å². The van der Waals surface area contributed by atoms with Crippen LogP contribution in [0.1, 0.15) is 20.8 Å². The van der Waals surface area contributed by atoms with Gasteiger partial charge in [-0.05, 0) is 57.2 Å². The molecule has 3 aromatic rings. The number of amides is 1. The van der Waals surface area contributed by atoms with Crippen molar-refractivity contribution in [3.05, 3.63) is 71.1 Å². The lowest BCUT2D eigenvalue weighted by Gasteiger charge is -2.28. The number of hydrogen-bond donors (Lipinski definition) is 2. The molecule has 0 radical (unpaired) electrons. The van der Waals surface area contributed by atoms with Crippen molar-refractivity contribution in [1.29, 1.82) is 0 Å². The number of sulfonamides is 1. The van der Waals surface area contributed by atoms with Crippen molar-refractivity contribution in [3.8, 4) is 0 Å². The number of anilines is 4. The number of rotatable bonds is 9. The summed E-state index contributed by atoms with van der Waals surface area (Å²) in [5.41, 5.74) is 0.0724. The number of aromatic nitrogens is 1. The van der Waals surface area contributed by atoms with Crippen LogP contribution in [0.2, 0.25) is 5.02 Å². The Bertz CT molecular complexity index is 1480. The first-order valence-corrected chi connectivity index (χ1v) is 13.8. The Balaban J connectivity index is 1.80. The molecule has 9 nitrogen and oxygen atoms in total. The van der Waals surface area contributed by atoms with Gasteiger partial charge in [0.25, 0.3) is 10.0 Å². The summed E-state index contributed by atoms with van der Waals surface area (Å²) in [6.07, 6.45) is 0.293. The van der Waals surface area contributed by atoms with Crippen LogP contribution in [-0.4, -0.2) is 57.2 Å². The molecule has 1 heterocycles. The molecule has 3 rings (SSSR count). The van der Waals surface area contributed by atoms with Gasteiger partial charge in [0.15, 0.2) is 0 Å². The first kappa shape index (κ1) is 30.8. The van der Waals surface area contributed by atoms with Gasteiger partial charge >= 0.3 is 6.09 Å². The molecular formula is C26H29ClF3N5O4S. The average molecular weight is 600 g/mol. The van der Waals surface area contributed by atoms with Gasteiger partial charge in [0.2, 0.25) is 0 Å². The predicted octanol–water partition coefficient (Wildman–Crippen LogP) is 6.00. The quantitative estimate of drug-likeness (QED) is 0.311. The largest absolute Gasteiger partial charge is 0.444 e. The summed E-state index contributed by atoms with van der Waals surface area (Å²) in [7, 11) is -1.20. The number of carbonyl (C=O) groups excluding carboxylic acids is 1. The van der Waals surface area contributed by atoms with E-state index in [1.807, 2.05) is 0 Å². The molecule has 40 heavy (non-hydrogen) atoms. The summed E-state index contributed by atoms with van der Waals surface area (Å²) >= 11 is 6.30. The summed E-state index contributed by atoms with van der Waals surface area (Å²) in [6.45, 7) is 5.80. The summed E-state index contributed by atoms with van der Waals surface area (Å²) in [5, 5.41) is 2.77. The minimum atomic E-state index is -4.45. The van der Waals surface area contributed by atoms with Gasteiger partial charge < -0.3 is 19.9 Å². The molecule has 0 spiro atoms. The van der Waals surface area contributed by atoms with Gasteiger partial charge in [-0.1, -0.05) is 11.6 Å². The van der Waals surface area contributed by atoms with Crippen LogP contribution in [0.4, 0.5) is 40.8 Å². The number of ether oxygens (including phenoxy) is 1.